The van der Waals surface area contributed by atoms with Crippen molar-refractivity contribution in [1.29, 1.82) is 0 Å². The van der Waals surface area contributed by atoms with Gasteiger partial charge in [-0.25, -0.2) is 0 Å². The number of fused-ring (bicyclic) bond motifs is 4. The minimum atomic E-state index is -1.92. The molecule has 0 saturated heterocycles. The molecule has 3 nitrogen and oxygen atoms in total. The van der Waals surface area contributed by atoms with Gasteiger partial charge in [-0.1, -0.05) is 139 Å². The molecule has 0 amide bonds. The molecule has 0 aliphatic carbocycles. The molecule has 1 N–H and O–H groups in total. The molecule has 11 rings (SSSR count). The second-order valence-electron chi connectivity index (χ2n) is 15.0. The Morgan fingerprint density at radius 1 is 0.424 bits per heavy atom. The van der Waals surface area contributed by atoms with E-state index in [1.165, 1.54) is 53.0 Å². The number of benzene rings is 9. The molecule has 2 aliphatic heterocycles. The second-order valence-corrected chi connectivity index (χ2v) is 18.1. The van der Waals surface area contributed by atoms with Crippen LogP contribution in [0.25, 0.3) is 11.1 Å². The molecule has 280 valence electrons. The summed E-state index contributed by atoms with van der Waals surface area (Å²) < 4.78 is 0. The van der Waals surface area contributed by atoms with Crippen molar-refractivity contribution in [3.8, 4) is 11.1 Å². The fourth-order valence-electron chi connectivity index (χ4n) is 9.17. The first-order valence-electron chi connectivity index (χ1n) is 20.2. The lowest BCUT2D eigenvalue weighted by molar-refractivity contribution is 1.20. The smallest absolute Gasteiger partial charge is 0.198 e. The van der Waals surface area contributed by atoms with Crippen LogP contribution in [0.4, 0.5) is 45.5 Å². The summed E-state index contributed by atoms with van der Waals surface area (Å²) in [5, 5.41) is 4.08. The highest BCUT2D eigenvalue weighted by molar-refractivity contribution is 8.34. The normalized spacial score (nSPS) is 13.7. The van der Waals surface area contributed by atoms with Crippen LogP contribution in [0.3, 0.4) is 0 Å². The topological polar surface area (TPSA) is 18.5 Å². The Kier molecular flexibility index (Phi) is 8.68. The summed E-state index contributed by atoms with van der Waals surface area (Å²) >= 11 is 0. The Labute approximate surface area is 348 Å². The van der Waals surface area contributed by atoms with Crippen LogP contribution >= 0.6 is 10.0 Å². The monoisotopic (exact) mass is 773 g/mol. The van der Waals surface area contributed by atoms with E-state index < -0.39 is 10.0 Å². The van der Waals surface area contributed by atoms with Gasteiger partial charge in [0.15, 0.2) is 7.28 Å². The number of para-hydroxylation sites is 6. The average Bonchev–Trinajstić information content (AvgIpc) is 3.31. The molecule has 2 heterocycles. The van der Waals surface area contributed by atoms with Crippen molar-refractivity contribution in [2.24, 2.45) is 0 Å². The quantitative estimate of drug-likeness (QED) is 0.163. The van der Waals surface area contributed by atoms with Crippen molar-refractivity contribution in [2.45, 2.75) is 19.6 Å². The van der Waals surface area contributed by atoms with E-state index in [1.54, 1.807) is 0 Å². The number of hydrogen-bond donors (Lipinski definition) is 1. The Bertz CT molecular complexity index is 2860. The number of nitrogens with one attached hydrogen (secondary N) is 1. The van der Waals surface area contributed by atoms with Crippen molar-refractivity contribution in [2.75, 3.05) is 15.1 Å². The third kappa shape index (κ3) is 5.77. The lowest BCUT2D eigenvalue weighted by Crippen LogP contribution is -2.41. The molecule has 0 saturated carbocycles. The summed E-state index contributed by atoms with van der Waals surface area (Å²) in [5.41, 5.74) is 14.1. The van der Waals surface area contributed by atoms with E-state index in [0.717, 1.165) is 41.4 Å². The highest BCUT2D eigenvalue weighted by atomic mass is 32.3. The number of rotatable bonds is 7. The van der Waals surface area contributed by atoms with E-state index in [-0.39, 0.29) is 0 Å². The second kappa shape index (κ2) is 14.6. The van der Waals surface area contributed by atoms with Gasteiger partial charge in [-0.05, 0) is 108 Å². The molecule has 59 heavy (non-hydrogen) atoms. The van der Waals surface area contributed by atoms with E-state index in [9.17, 15) is 0 Å². The van der Waals surface area contributed by atoms with E-state index in [4.69, 9.17) is 0 Å². The van der Waals surface area contributed by atoms with Gasteiger partial charge in [0, 0.05) is 59.3 Å². The number of anilines is 8. The van der Waals surface area contributed by atoms with E-state index in [0.29, 0.717) is 0 Å². The van der Waals surface area contributed by atoms with Crippen LogP contribution in [0.1, 0.15) is 0 Å². The van der Waals surface area contributed by atoms with Gasteiger partial charge >= 0.3 is 0 Å². The molecule has 0 atom stereocenters. The molecule has 0 unspecified atom stereocenters. The zero-order valence-electron chi connectivity index (χ0n) is 32.4. The van der Waals surface area contributed by atoms with Crippen LogP contribution < -0.4 is 26.0 Å². The molecule has 2 aliphatic rings. The summed E-state index contributed by atoms with van der Waals surface area (Å²) in [6, 6.07) is 84.4. The van der Waals surface area contributed by atoms with Gasteiger partial charge in [0.05, 0.1) is 11.4 Å². The van der Waals surface area contributed by atoms with Gasteiger partial charge in [0.25, 0.3) is 0 Å². The molecule has 0 bridgehead atoms. The van der Waals surface area contributed by atoms with Crippen LogP contribution in [0.15, 0.2) is 250 Å². The Morgan fingerprint density at radius 2 is 0.966 bits per heavy atom. The fraction of sp³-hybridized carbons (Fsp3) is 0. The first-order chi connectivity index (χ1) is 29.3. The predicted octanol–water partition coefficient (Wildman–Crippen LogP) is 13.4. The van der Waals surface area contributed by atoms with Crippen molar-refractivity contribution in [3.63, 3.8) is 0 Å². The number of hydrogen-bond acceptors (Lipinski definition) is 3. The number of nitrogens with zero attached hydrogens (tertiary/aromatic N) is 2. The standard InChI is InChI=1S/C54H40BN3S/c1-6-21-39(22-7-1)57(40-23-8-2-9-24-40)42-37-46(53-50(38-42)58(41-25-10-3-11-26-41)49-34-18-16-32-47(49)55-53)45-31-20-36-52-54(45)56-48-33-17-19-35-51(48)59(52,43-27-12-4-13-28-43)44-29-14-5-15-30-44/h1-38,55-56H. The Balaban J connectivity index is 1.25. The predicted molar refractivity (Wildman–Crippen MR) is 251 cm³/mol. The largest absolute Gasteiger partial charge is 0.353 e. The van der Waals surface area contributed by atoms with Crippen molar-refractivity contribution in [3.05, 3.63) is 231 Å². The molecule has 0 radical (unpaired) electrons. The third-order valence-corrected chi connectivity index (χ3v) is 15.6. The zero-order chi connectivity index (χ0) is 39.2. The van der Waals surface area contributed by atoms with Gasteiger partial charge in [-0.2, -0.15) is 0 Å². The molecular formula is C54H40BN3S. The summed E-state index contributed by atoms with van der Waals surface area (Å²) in [6.45, 7) is 0. The molecule has 9 aromatic rings. The van der Waals surface area contributed by atoms with Crippen molar-refractivity contribution < 1.29 is 0 Å². The minimum Gasteiger partial charge on any atom is -0.353 e. The van der Waals surface area contributed by atoms with Gasteiger partial charge in [0.1, 0.15) is 0 Å². The molecule has 5 heteroatoms. The lowest BCUT2D eigenvalue weighted by Gasteiger charge is -2.47. The molecule has 0 aromatic heterocycles. The maximum atomic E-state index is 4.08. The molecular weight excluding hydrogens is 733 g/mol. The zero-order valence-corrected chi connectivity index (χ0v) is 33.3. The third-order valence-electron chi connectivity index (χ3n) is 11.7. The van der Waals surface area contributed by atoms with Gasteiger partial charge < -0.3 is 15.1 Å². The van der Waals surface area contributed by atoms with Crippen LogP contribution in [0.5, 0.6) is 0 Å². The van der Waals surface area contributed by atoms with Crippen LogP contribution in [-0.4, -0.2) is 7.28 Å². The fourth-order valence-corrected chi connectivity index (χ4v) is 13.3. The summed E-state index contributed by atoms with van der Waals surface area (Å²) in [7, 11) is -1.12. The Morgan fingerprint density at radius 3 is 1.63 bits per heavy atom. The average molecular weight is 774 g/mol. The Hall–Kier alpha value is -7.21. The SMILES string of the molecule is B1c2ccccc2N(c2ccccc2)c2cc(N(c3ccccc3)c3ccccc3)cc(-c3cccc4c3Nc3ccccc3S4(c3ccccc3)c3ccccc3)c21. The summed E-state index contributed by atoms with van der Waals surface area (Å²) in [6.07, 6.45) is 0. The van der Waals surface area contributed by atoms with Gasteiger partial charge in [-0.15, -0.1) is 10.0 Å². The lowest BCUT2D eigenvalue weighted by atomic mass is 9.58. The molecule has 0 spiro atoms. The summed E-state index contributed by atoms with van der Waals surface area (Å²) in [4.78, 5) is 10.1. The highest BCUT2D eigenvalue weighted by Crippen LogP contribution is 2.78. The van der Waals surface area contributed by atoms with E-state index >= 15 is 0 Å². The van der Waals surface area contributed by atoms with Gasteiger partial charge in [0.2, 0.25) is 0 Å². The van der Waals surface area contributed by atoms with Crippen molar-refractivity contribution in [1.82, 2.24) is 0 Å². The van der Waals surface area contributed by atoms with Gasteiger partial charge in [-0.3, -0.25) is 0 Å². The van der Waals surface area contributed by atoms with Crippen LogP contribution in [0, 0.1) is 0 Å². The van der Waals surface area contributed by atoms with Crippen molar-refractivity contribution >= 4 is 73.7 Å². The maximum absolute atomic E-state index is 4.08. The summed E-state index contributed by atoms with van der Waals surface area (Å²) in [5.74, 6) is 0. The maximum Gasteiger partial charge on any atom is 0.198 e. The first kappa shape index (κ1) is 35.0. The first-order valence-corrected chi connectivity index (χ1v) is 21.9. The highest BCUT2D eigenvalue weighted by Gasteiger charge is 2.41. The van der Waals surface area contributed by atoms with E-state index in [1.807, 2.05) is 0 Å². The van der Waals surface area contributed by atoms with Crippen LogP contribution in [0.2, 0.25) is 0 Å². The minimum absolute atomic E-state index is 0.802. The molecule has 0 fully saturated rings. The molecule has 9 aromatic carbocycles. The van der Waals surface area contributed by atoms with Crippen LogP contribution in [-0.2, 0) is 0 Å². The van der Waals surface area contributed by atoms with E-state index in [2.05, 4.69) is 246 Å².